The molecule has 2 N–H and O–H groups in total. The first-order chi connectivity index (χ1) is 10.7. The fourth-order valence-corrected chi connectivity index (χ4v) is 2.36. The molecule has 0 amide bonds. The number of rotatable bonds is 8. The summed E-state index contributed by atoms with van der Waals surface area (Å²) in [6.45, 7) is 8.79. The van der Waals surface area contributed by atoms with E-state index in [1.54, 1.807) is 6.26 Å². The van der Waals surface area contributed by atoms with E-state index in [0.29, 0.717) is 11.8 Å². The summed E-state index contributed by atoms with van der Waals surface area (Å²) in [5.74, 6) is 3.16. The molecule has 5 heteroatoms. The van der Waals surface area contributed by atoms with E-state index in [-0.39, 0.29) is 0 Å². The fourth-order valence-electron chi connectivity index (χ4n) is 2.36. The molecule has 0 saturated carbocycles. The molecule has 0 aliphatic carbocycles. The van der Waals surface area contributed by atoms with Crippen molar-refractivity contribution in [3.8, 4) is 0 Å². The first-order valence-corrected chi connectivity index (χ1v) is 8.36. The Labute approximate surface area is 133 Å². The molecule has 0 bridgehead atoms. The Morgan fingerprint density at radius 2 is 2.23 bits per heavy atom. The van der Waals surface area contributed by atoms with Crippen molar-refractivity contribution in [2.45, 2.75) is 33.1 Å². The Morgan fingerprint density at radius 1 is 1.36 bits per heavy atom. The summed E-state index contributed by atoms with van der Waals surface area (Å²) in [7, 11) is 0. The van der Waals surface area contributed by atoms with Crippen LogP contribution in [0.5, 0.6) is 0 Å². The quantitative estimate of drug-likeness (QED) is 0.572. The van der Waals surface area contributed by atoms with E-state index in [9.17, 15) is 0 Å². The monoisotopic (exact) mass is 307 g/mol. The summed E-state index contributed by atoms with van der Waals surface area (Å²) < 4.78 is 10.8. The van der Waals surface area contributed by atoms with Gasteiger partial charge in [0, 0.05) is 38.6 Å². The highest BCUT2D eigenvalue weighted by molar-refractivity contribution is 5.79. The summed E-state index contributed by atoms with van der Waals surface area (Å²) in [6, 6.07) is 3.92. The Bertz CT molecular complexity index is 423. The SMILES string of the molecule is CC(C)CCNC(=NCC1CCOC1)NCCc1ccco1. The van der Waals surface area contributed by atoms with Crippen LogP contribution in [0, 0.1) is 11.8 Å². The Kier molecular flexibility index (Phi) is 7.30. The number of guanidine groups is 1. The molecule has 5 nitrogen and oxygen atoms in total. The van der Waals surface area contributed by atoms with Crippen molar-refractivity contribution < 1.29 is 9.15 Å². The van der Waals surface area contributed by atoms with Crippen molar-refractivity contribution in [2.24, 2.45) is 16.8 Å². The zero-order chi connectivity index (χ0) is 15.6. The second kappa shape index (κ2) is 9.51. The smallest absolute Gasteiger partial charge is 0.191 e. The topological polar surface area (TPSA) is 58.8 Å². The van der Waals surface area contributed by atoms with Gasteiger partial charge in [0.1, 0.15) is 5.76 Å². The van der Waals surface area contributed by atoms with E-state index in [2.05, 4.69) is 24.5 Å². The standard InChI is InChI=1S/C17H29N3O2/c1-14(2)5-8-18-17(20-12-15-7-11-21-13-15)19-9-6-16-4-3-10-22-16/h3-4,10,14-15H,5-9,11-13H2,1-2H3,(H2,18,19,20). The van der Waals surface area contributed by atoms with Gasteiger partial charge in [-0.15, -0.1) is 0 Å². The van der Waals surface area contributed by atoms with Crippen LogP contribution in [-0.2, 0) is 11.2 Å². The maximum atomic E-state index is 5.41. The average Bonchev–Trinajstić information content (AvgIpc) is 3.17. The van der Waals surface area contributed by atoms with E-state index in [1.807, 2.05) is 12.1 Å². The summed E-state index contributed by atoms with van der Waals surface area (Å²) >= 11 is 0. The van der Waals surface area contributed by atoms with Crippen molar-refractivity contribution in [1.29, 1.82) is 0 Å². The third kappa shape index (κ3) is 6.52. The van der Waals surface area contributed by atoms with E-state index in [4.69, 9.17) is 14.1 Å². The first kappa shape index (κ1) is 16.9. The number of hydrogen-bond donors (Lipinski definition) is 2. The van der Waals surface area contributed by atoms with Crippen molar-refractivity contribution in [2.75, 3.05) is 32.8 Å². The lowest BCUT2D eigenvalue weighted by Crippen LogP contribution is -2.39. The maximum absolute atomic E-state index is 5.41. The van der Waals surface area contributed by atoms with Gasteiger partial charge in [0.15, 0.2) is 5.96 Å². The van der Waals surface area contributed by atoms with Crippen LogP contribution in [0.2, 0.25) is 0 Å². The molecule has 124 valence electrons. The van der Waals surface area contributed by atoms with Gasteiger partial charge in [0.05, 0.1) is 12.9 Å². The number of aliphatic imine (C=N–C) groups is 1. The van der Waals surface area contributed by atoms with Gasteiger partial charge in [0.25, 0.3) is 0 Å². The summed E-state index contributed by atoms with van der Waals surface area (Å²) in [5, 5.41) is 6.82. The fraction of sp³-hybridized carbons (Fsp3) is 0.706. The van der Waals surface area contributed by atoms with E-state index >= 15 is 0 Å². The maximum Gasteiger partial charge on any atom is 0.191 e. The van der Waals surface area contributed by atoms with Crippen molar-refractivity contribution in [3.05, 3.63) is 24.2 Å². The lowest BCUT2D eigenvalue weighted by Gasteiger charge is -2.14. The average molecular weight is 307 g/mol. The number of furan rings is 1. The number of ether oxygens (including phenoxy) is 1. The van der Waals surface area contributed by atoms with Gasteiger partial charge in [-0.05, 0) is 30.9 Å². The number of nitrogens with zero attached hydrogens (tertiary/aromatic N) is 1. The second-order valence-corrected chi connectivity index (χ2v) is 6.28. The highest BCUT2D eigenvalue weighted by Gasteiger charge is 2.15. The summed E-state index contributed by atoms with van der Waals surface area (Å²) in [6.07, 6.45) is 4.84. The van der Waals surface area contributed by atoms with E-state index in [1.165, 1.54) is 0 Å². The molecule has 1 aliphatic rings. The molecule has 0 aromatic carbocycles. The highest BCUT2D eigenvalue weighted by Crippen LogP contribution is 2.12. The van der Waals surface area contributed by atoms with Gasteiger partial charge in [-0.25, -0.2) is 0 Å². The lowest BCUT2D eigenvalue weighted by molar-refractivity contribution is 0.187. The normalized spacial score (nSPS) is 18.9. The molecule has 1 saturated heterocycles. The predicted octanol–water partition coefficient (Wildman–Crippen LogP) is 2.44. The molecule has 1 aromatic heterocycles. The second-order valence-electron chi connectivity index (χ2n) is 6.28. The van der Waals surface area contributed by atoms with Crippen LogP contribution >= 0.6 is 0 Å². The molecule has 1 aromatic rings. The molecule has 1 atom stereocenters. The molecular formula is C17H29N3O2. The number of nitrogens with one attached hydrogen (secondary N) is 2. The van der Waals surface area contributed by atoms with Gasteiger partial charge >= 0.3 is 0 Å². The van der Waals surface area contributed by atoms with Crippen LogP contribution in [0.3, 0.4) is 0 Å². The third-order valence-corrected chi connectivity index (χ3v) is 3.79. The van der Waals surface area contributed by atoms with Gasteiger partial charge in [0.2, 0.25) is 0 Å². The van der Waals surface area contributed by atoms with E-state index < -0.39 is 0 Å². The lowest BCUT2D eigenvalue weighted by atomic mass is 10.1. The summed E-state index contributed by atoms with van der Waals surface area (Å²) in [5.41, 5.74) is 0. The molecular weight excluding hydrogens is 278 g/mol. The van der Waals surface area contributed by atoms with Crippen LogP contribution in [0.4, 0.5) is 0 Å². The van der Waals surface area contributed by atoms with Crippen molar-refractivity contribution in [3.63, 3.8) is 0 Å². The molecule has 1 fully saturated rings. The van der Waals surface area contributed by atoms with Crippen LogP contribution in [-0.4, -0.2) is 38.8 Å². The third-order valence-electron chi connectivity index (χ3n) is 3.79. The molecule has 1 unspecified atom stereocenters. The Balaban J connectivity index is 1.75. The van der Waals surface area contributed by atoms with E-state index in [0.717, 1.165) is 63.8 Å². The minimum Gasteiger partial charge on any atom is -0.469 e. The van der Waals surface area contributed by atoms with Crippen LogP contribution < -0.4 is 10.6 Å². The predicted molar refractivity (Wildman–Crippen MR) is 89.1 cm³/mol. The molecule has 0 radical (unpaired) electrons. The zero-order valence-electron chi connectivity index (χ0n) is 13.8. The molecule has 0 spiro atoms. The minimum absolute atomic E-state index is 0.564. The zero-order valence-corrected chi connectivity index (χ0v) is 13.8. The molecule has 22 heavy (non-hydrogen) atoms. The summed E-state index contributed by atoms with van der Waals surface area (Å²) in [4.78, 5) is 4.71. The van der Waals surface area contributed by atoms with Gasteiger partial charge in [-0.2, -0.15) is 0 Å². The largest absolute Gasteiger partial charge is 0.469 e. The van der Waals surface area contributed by atoms with Crippen molar-refractivity contribution in [1.82, 2.24) is 10.6 Å². The van der Waals surface area contributed by atoms with Crippen molar-refractivity contribution >= 4 is 5.96 Å². The number of hydrogen-bond acceptors (Lipinski definition) is 3. The molecule has 2 heterocycles. The van der Waals surface area contributed by atoms with Crippen LogP contribution in [0.1, 0.15) is 32.4 Å². The van der Waals surface area contributed by atoms with Crippen LogP contribution in [0.15, 0.2) is 27.8 Å². The van der Waals surface area contributed by atoms with Gasteiger partial charge < -0.3 is 19.8 Å². The Morgan fingerprint density at radius 3 is 2.91 bits per heavy atom. The minimum atomic E-state index is 0.564. The van der Waals surface area contributed by atoms with Crippen LogP contribution in [0.25, 0.3) is 0 Å². The van der Waals surface area contributed by atoms with Gasteiger partial charge in [-0.1, -0.05) is 13.8 Å². The first-order valence-electron chi connectivity index (χ1n) is 8.36. The highest BCUT2D eigenvalue weighted by atomic mass is 16.5. The Hall–Kier alpha value is -1.49. The van der Waals surface area contributed by atoms with Gasteiger partial charge in [-0.3, -0.25) is 4.99 Å². The molecule has 2 rings (SSSR count). The molecule has 1 aliphatic heterocycles.